The molecule has 1 aromatic rings. The van der Waals surface area contributed by atoms with E-state index < -0.39 is 0 Å². The molecule has 0 aliphatic carbocycles. The summed E-state index contributed by atoms with van der Waals surface area (Å²) in [5.41, 5.74) is 0. The maximum Gasteiger partial charge on any atom is 0.225 e. The van der Waals surface area contributed by atoms with Gasteiger partial charge in [0, 0.05) is 51.6 Å². The van der Waals surface area contributed by atoms with E-state index in [-0.39, 0.29) is 5.91 Å². The zero-order valence-corrected chi connectivity index (χ0v) is 12.3. The lowest BCUT2D eigenvalue weighted by Crippen LogP contribution is -2.49. The normalized spacial score (nSPS) is 22.6. The molecule has 2 fully saturated rings. The van der Waals surface area contributed by atoms with E-state index in [9.17, 15) is 4.79 Å². The quantitative estimate of drug-likeness (QED) is 0.830. The summed E-state index contributed by atoms with van der Waals surface area (Å²) < 4.78 is 5.57. The predicted molar refractivity (Wildman–Crippen MR) is 79.0 cm³/mol. The second-order valence-electron chi connectivity index (χ2n) is 5.59. The van der Waals surface area contributed by atoms with Crippen LogP contribution < -0.4 is 4.90 Å². The number of piperazine rings is 1. The Morgan fingerprint density at radius 3 is 2.67 bits per heavy atom. The van der Waals surface area contributed by atoms with Gasteiger partial charge in [-0.15, -0.1) is 0 Å². The van der Waals surface area contributed by atoms with Gasteiger partial charge in [0.05, 0.1) is 6.10 Å². The Morgan fingerprint density at radius 2 is 2.00 bits per heavy atom. The van der Waals surface area contributed by atoms with Crippen molar-refractivity contribution in [1.29, 1.82) is 0 Å². The Balaban J connectivity index is 1.43. The van der Waals surface area contributed by atoms with Crippen LogP contribution in [0.25, 0.3) is 0 Å². The molecule has 0 N–H and O–H groups in total. The van der Waals surface area contributed by atoms with Crippen LogP contribution in [0, 0.1) is 0 Å². The SMILES string of the molecule is O=C(CC[C@@H]1CCCO1)N1CCN(c2ncccn2)CC1. The largest absolute Gasteiger partial charge is 0.378 e. The van der Waals surface area contributed by atoms with E-state index >= 15 is 0 Å². The number of carbonyl (C=O) groups excluding carboxylic acids is 1. The molecule has 3 heterocycles. The molecule has 2 aliphatic heterocycles. The van der Waals surface area contributed by atoms with Crippen molar-refractivity contribution in [3.05, 3.63) is 18.5 Å². The van der Waals surface area contributed by atoms with Gasteiger partial charge in [-0.2, -0.15) is 0 Å². The van der Waals surface area contributed by atoms with E-state index in [0.29, 0.717) is 12.5 Å². The Hall–Kier alpha value is -1.69. The molecule has 0 spiro atoms. The number of anilines is 1. The lowest BCUT2D eigenvalue weighted by atomic mass is 10.1. The topological polar surface area (TPSA) is 58.6 Å². The summed E-state index contributed by atoms with van der Waals surface area (Å²) in [6, 6.07) is 1.81. The number of ether oxygens (including phenoxy) is 1. The Kier molecular flexibility index (Phi) is 4.65. The lowest BCUT2D eigenvalue weighted by Gasteiger charge is -2.34. The van der Waals surface area contributed by atoms with E-state index in [0.717, 1.165) is 58.0 Å². The molecule has 6 nitrogen and oxygen atoms in total. The molecule has 0 aromatic carbocycles. The average Bonchev–Trinajstić information content (AvgIpc) is 3.07. The molecule has 2 aliphatic rings. The minimum Gasteiger partial charge on any atom is -0.378 e. The van der Waals surface area contributed by atoms with Gasteiger partial charge in [-0.3, -0.25) is 4.79 Å². The van der Waals surface area contributed by atoms with E-state index in [4.69, 9.17) is 4.74 Å². The molecule has 6 heteroatoms. The molecule has 3 rings (SSSR count). The number of hydrogen-bond donors (Lipinski definition) is 0. The molecule has 0 bridgehead atoms. The summed E-state index contributed by atoms with van der Waals surface area (Å²) in [7, 11) is 0. The number of rotatable bonds is 4. The highest BCUT2D eigenvalue weighted by Gasteiger charge is 2.23. The zero-order valence-electron chi connectivity index (χ0n) is 12.3. The molecule has 1 atom stereocenters. The van der Waals surface area contributed by atoms with Crippen LogP contribution in [0.2, 0.25) is 0 Å². The number of carbonyl (C=O) groups is 1. The first-order chi connectivity index (χ1) is 10.3. The lowest BCUT2D eigenvalue weighted by molar-refractivity contribution is -0.132. The van der Waals surface area contributed by atoms with Gasteiger partial charge in [0.1, 0.15) is 0 Å². The van der Waals surface area contributed by atoms with E-state index in [1.165, 1.54) is 0 Å². The molecular weight excluding hydrogens is 268 g/mol. The standard InChI is InChI=1S/C15H22N4O2/c20-14(5-4-13-3-1-12-21-13)18-8-10-19(11-9-18)15-16-6-2-7-17-15/h2,6-7,13H,1,3-5,8-12H2/t13-/m0/s1. The van der Waals surface area contributed by atoms with Gasteiger partial charge in [-0.05, 0) is 25.3 Å². The van der Waals surface area contributed by atoms with Crippen molar-refractivity contribution in [1.82, 2.24) is 14.9 Å². The van der Waals surface area contributed by atoms with Crippen LogP contribution in [0.5, 0.6) is 0 Å². The zero-order chi connectivity index (χ0) is 14.5. The monoisotopic (exact) mass is 290 g/mol. The van der Waals surface area contributed by atoms with Crippen LogP contribution in [-0.2, 0) is 9.53 Å². The first-order valence-corrected chi connectivity index (χ1v) is 7.74. The summed E-state index contributed by atoms with van der Waals surface area (Å²) in [5.74, 6) is 1.00. The molecule has 21 heavy (non-hydrogen) atoms. The van der Waals surface area contributed by atoms with E-state index in [1.807, 2.05) is 11.0 Å². The van der Waals surface area contributed by atoms with Crippen LogP contribution in [0.4, 0.5) is 5.95 Å². The molecular formula is C15H22N4O2. The fourth-order valence-electron chi connectivity index (χ4n) is 2.92. The molecule has 1 aromatic heterocycles. The third kappa shape index (κ3) is 3.69. The van der Waals surface area contributed by atoms with Crippen molar-refractivity contribution in [2.75, 3.05) is 37.7 Å². The minimum absolute atomic E-state index is 0.249. The van der Waals surface area contributed by atoms with Gasteiger partial charge in [0.2, 0.25) is 11.9 Å². The van der Waals surface area contributed by atoms with Crippen molar-refractivity contribution in [3.63, 3.8) is 0 Å². The number of hydrogen-bond acceptors (Lipinski definition) is 5. The Labute approximate surface area is 125 Å². The van der Waals surface area contributed by atoms with Crippen molar-refractivity contribution >= 4 is 11.9 Å². The fourth-order valence-corrected chi connectivity index (χ4v) is 2.92. The van der Waals surface area contributed by atoms with E-state index in [2.05, 4.69) is 14.9 Å². The fraction of sp³-hybridized carbons (Fsp3) is 0.667. The van der Waals surface area contributed by atoms with Crippen molar-refractivity contribution in [2.24, 2.45) is 0 Å². The van der Waals surface area contributed by atoms with Crippen LogP contribution in [0.1, 0.15) is 25.7 Å². The third-order valence-electron chi connectivity index (χ3n) is 4.17. The summed E-state index contributed by atoms with van der Waals surface area (Å²) in [4.78, 5) is 24.8. The van der Waals surface area contributed by atoms with Gasteiger partial charge in [0.25, 0.3) is 0 Å². The number of nitrogens with zero attached hydrogens (tertiary/aromatic N) is 4. The predicted octanol–water partition coefficient (Wildman–Crippen LogP) is 1.08. The third-order valence-corrected chi connectivity index (χ3v) is 4.17. The molecule has 0 unspecified atom stereocenters. The summed E-state index contributed by atoms with van der Waals surface area (Å²) in [5, 5.41) is 0. The minimum atomic E-state index is 0.249. The summed E-state index contributed by atoms with van der Waals surface area (Å²) >= 11 is 0. The second kappa shape index (κ2) is 6.85. The second-order valence-corrected chi connectivity index (χ2v) is 5.59. The van der Waals surface area contributed by atoms with E-state index in [1.54, 1.807) is 12.4 Å². The Bertz CT molecular complexity index is 454. The maximum absolute atomic E-state index is 12.2. The van der Waals surface area contributed by atoms with Crippen molar-refractivity contribution < 1.29 is 9.53 Å². The van der Waals surface area contributed by atoms with Crippen LogP contribution >= 0.6 is 0 Å². The summed E-state index contributed by atoms with van der Waals surface area (Å²) in [6.45, 7) is 3.96. The average molecular weight is 290 g/mol. The first kappa shape index (κ1) is 14.3. The highest BCUT2D eigenvalue weighted by molar-refractivity contribution is 5.76. The summed E-state index contributed by atoms with van der Waals surface area (Å²) in [6.07, 6.45) is 7.50. The highest BCUT2D eigenvalue weighted by Crippen LogP contribution is 2.18. The number of amides is 1. The number of aromatic nitrogens is 2. The Morgan fingerprint density at radius 1 is 1.24 bits per heavy atom. The van der Waals surface area contributed by atoms with Gasteiger partial charge in [-0.1, -0.05) is 0 Å². The van der Waals surface area contributed by atoms with Gasteiger partial charge >= 0.3 is 0 Å². The molecule has 2 saturated heterocycles. The smallest absolute Gasteiger partial charge is 0.225 e. The maximum atomic E-state index is 12.2. The van der Waals surface area contributed by atoms with Crippen LogP contribution in [-0.4, -0.2) is 59.7 Å². The molecule has 0 radical (unpaired) electrons. The van der Waals surface area contributed by atoms with Gasteiger partial charge < -0.3 is 14.5 Å². The first-order valence-electron chi connectivity index (χ1n) is 7.74. The van der Waals surface area contributed by atoms with Crippen molar-refractivity contribution in [2.45, 2.75) is 31.8 Å². The van der Waals surface area contributed by atoms with Gasteiger partial charge in [-0.25, -0.2) is 9.97 Å². The van der Waals surface area contributed by atoms with Crippen molar-refractivity contribution in [3.8, 4) is 0 Å². The van der Waals surface area contributed by atoms with Crippen LogP contribution in [0.15, 0.2) is 18.5 Å². The highest BCUT2D eigenvalue weighted by atomic mass is 16.5. The van der Waals surface area contributed by atoms with Crippen LogP contribution in [0.3, 0.4) is 0 Å². The molecule has 1 amide bonds. The molecule has 0 saturated carbocycles. The molecule has 114 valence electrons. The van der Waals surface area contributed by atoms with Gasteiger partial charge in [0.15, 0.2) is 0 Å².